The second kappa shape index (κ2) is 8.24. The molecule has 154 valence electrons. The number of ether oxygens (including phenoxy) is 3. The lowest BCUT2D eigenvalue weighted by atomic mass is 10.1. The monoisotopic (exact) mass is 410 g/mol. The summed E-state index contributed by atoms with van der Waals surface area (Å²) in [6.45, 7) is -0.0386. The predicted octanol–water partition coefficient (Wildman–Crippen LogP) is 1.37. The van der Waals surface area contributed by atoms with E-state index in [4.69, 9.17) is 14.2 Å². The van der Waals surface area contributed by atoms with Crippen LogP contribution in [-0.4, -0.2) is 55.1 Å². The fourth-order valence-corrected chi connectivity index (χ4v) is 3.19. The number of benzene rings is 2. The van der Waals surface area contributed by atoms with E-state index in [2.05, 4.69) is 5.32 Å². The lowest BCUT2D eigenvalue weighted by Gasteiger charge is -2.13. The van der Waals surface area contributed by atoms with Crippen LogP contribution in [-0.2, 0) is 9.53 Å². The zero-order valence-corrected chi connectivity index (χ0v) is 15.9. The summed E-state index contributed by atoms with van der Waals surface area (Å²) in [5.74, 6) is -0.735. The molecule has 3 amide bonds. The molecule has 9 heteroatoms. The number of nitrogens with zero attached hydrogens (tertiary/aromatic N) is 1. The first-order chi connectivity index (χ1) is 14.5. The van der Waals surface area contributed by atoms with E-state index in [0.717, 1.165) is 4.90 Å². The summed E-state index contributed by atoms with van der Waals surface area (Å²) in [7, 11) is 0. The lowest BCUT2D eigenvalue weighted by molar-refractivity contribution is -0.142. The van der Waals surface area contributed by atoms with Crippen molar-refractivity contribution in [3.05, 3.63) is 59.2 Å². The van der Waals surface area contributed by atoms with Crippen LogP contribution in [0, 0.1) is 0 Å². The highest BCUT2D eigenvalue weighted by molar-refractivity contribution is 6.21. The van der Waals surface area contributed by atoms with E-state index in [1.807, 2.05) is 0 Å². The Bertz CT molecular complexity index is 999. The minimum absolute atomic E-state index is 0.0200. The Morgan fingerprint density at radius 2 is 1.70 bits per heavy atom. The zero-order valence-electron chi connectivity index (χ0n) is 15.9. The SMILES string of the molecule is O=C(CNC(=O)c1ccc2c(c1)OCO2)OCCCN1C(=O)c2ccccc2C1=O. The zero-order chi connectivity index (χ0) is 21.1. The smallest absolute Gasteiger partial charge is 0.325 e. The number of fused-ring (bicyclic) bond motifs is 2. The van der Waals surface area contributed by atoms with E-state index in [1.165, 1.54) is 6.07 Å². The Morgan fingerprint density at radius 1 is 1.00 bits per heavy atom. The van der Waals surface area contributed by atoms with Gasteiger partial charge in [0.05, 0.1) is 17.7 Å². The molecule has 2 heterocycles. The second-order valence-corrected chi connectivity index (χ2v) is 6.63. The molecule has 2 aliphatic rings. The molecule has 2 aromatic carbocycles. The van der Waals surface area contributed by atoms with Crippen molar-refractivity contribution >= 4 is 23.7 Å². The van der Waals surface area contributed by atoms with Gasteiger partial charge in [-0.3, -0.25) is 24.1 Å². The topological polar surface area (TPSA) is 111 Å². The number of carbonyl (C=O) groups is 4. The molecule has 0 unspecified atom stereocenters. The van der Waals surface area contributed by atoms with E-state index in [1.54, 1.807) is 36.4 Å². The van der Waals surface area contributed by atoms with Crippen molar-refractivity contribution in [3.63, 3.8) is 0 Å². The van der Waals surface area contributed by atoms with Gasteiger partial charge < -0.3 is 19.5 Å². The molecule has 0 aliphatic carbocycles. The van der Waals surface area contributed by atoms with Gasteiger partial charge in [-0.1, -0.05) is 12.1 Å². The van der Waals surface area contributed by atoms with E-state index in [0.29, 0.717) is 34.6 Å². The molecule has 0 saturated heterocycles. The summed E-state index contributed by atoms with van der Waals surface area (Å²) in [5, 5.41) is 2.47. The fraction of sp³-hybridized carbons (Fsp3) is 0.238. The summed E-state index contributed by atoms with van der Waals surface area (Å²) in [5.41, 5.74) is 1.09. The van der Waals surface area contributed by atoms with E-state index in [9.17, 15) is 19.2 Å². The second-order valence-electron chi connectivity index (χ2n) is 6.63. The van der Waals surface area contributed by atoms with Crippen LogP contribution in [0.4, 0.5) is 0 Å². The van der Waals surface area contributed by atoms with E-state index >= 15 is 0 Å². The molecule has 0 aromatic heterocycles. The number of hydrogen-bond acceptors (Lipinski definition) is 7. The van der Waals surface area contributed by atoms with Crippen LogP contribution in [0.15, 0.2) is 42.5 Å². The molecule has 0 bridgehead atoms. The van der Waals surface area contributed by atoms with Crippen LogP contribution in [0.2, 0.25) is 0 Å². The first-order valence-corrected chi connectivity index (χ1v) is 9.33. The number of nitrogens with one attached hydrogen (secondary N) is 1. The van der Waals surface area contributed by atoms with Crippen molar-refractivity contribution in [2.75, 3.05) is 26.5 Å². The van der Waals surface area contributed by atoms with Crippen LogP contribution in [0.3, 0.4) is 0 Å². The van der Waals surface area contributed by atoms with Crippen LogP contribution in [0.1, 0.15) is 37.5 Å². The summed E-state index contributed by atoms with van der Waals surface area (Å²) < 4.78 is 15.5. The van der Waals surface area contributed by atoms with Crippen molar-refractivity contribution in [3.8, 4) is 11.5 Å². The fourth-order valence-electron chi connectivity index (χ4n) is 3.19. The minimum Gasteiger partial charge on any atom is -0.464 e. The standard InChI is InChI=1S/C21H18N2O7/c24-18(11-22-19(25)13-6-7-16-17(10-13)30-12-29-16)28-9-3-8-23-20(26)14-4-1-2-5-15(14)21(23)27/h1-2,4-7,10H,3,8-9,11-12H2,(H,22,25). The number of hydrogen-bond donors (Lipinski definition) is 1. The average Bonchev–Trinajstić information content (AvgIpc) is 3.33. The molecule has 4 rings (SSSR count). The number of imide groups is 1. The van der Waals surface area contributed by atoms with Gasteiger partial charge in [-0.25, -0.2) is 0 Å². The third-order valence-corrected chi connectivity index (χ3v) is 4.70. The molecule has 2 aliphatic heterocycles. The Labute approximate surface area is 171 Å². The molecule has 9 nitrogen and oxygen atoms in total. The summed E-state index contributed by atoms with van der Waals surface area (Å²) in [6, 6.07) is 11.3. The van der Waals surface area contributed by atoms with Gasteiger partial charge in [-0.2, -0.15) is 0 Å². The third kappa shape index (κ3) is 3.82. The lowest BCUT2D eigenvalue weighted by Crippen LogP contribution is -2.33. The molecule has 0 fully saturated rings. The molecule has 0 atom stereocenters. The van der Waals surface area contributed by atoms with Crippen molar-refractivity contribution in [2.24, 2.45) is 0 Å². The quantitative estimate of drug-likeness (QED) is 0.417. The van der Waals surface area contributed by atoms with Crippen LogP contribution < -0.4 is 14.8 Å². The van der Waals surface area contributed by atoms with Gasteiger partial charge in [-0.05, 0) is 36.8 Å². The highest BCUT2D eigenvalue weighted by Gasteiger charge is 2.34. The first-order valence-electron chi connectivity index (χ1n) is 9.33. The molecule has 0 saturated carbocycles. The molecule has 0 radical (unpaired) electrons. The van der Waals surface area contributed by atoms with Crippen molar-refractivity contribution < 1.29 is 33.4 Å². The Hall–Kier alpha value is -3.88. The van der Waals surface area contributed by atoms with E-state index in [-0.39, 0.29) is 38.3 Å². The van der Waals surface area contributed by atoms with Gasteiger partial charge in [0.25, 0.3) is 17.7 Å². The molecule has 2 aromatic rings. The highest BCUT2D eigenvalue weighted by atomic mass is 16.7. The molecule has 1 N–H and O–H groups in total. The summed E-state index contributed by atoms with van der Waals surface area (Å²) in [6.07, 6.45) is 0.299. The van der Waals surface area contributed by atoms with Crippen molar-refractivity contribution in [1.82, 2.24) is 10.2 Å². The average molecular weight is 410 g/mol. The number of esters is 1. The van der Waals surface area contributed by atoms with Crippen molar-refractivity contribution in [2.45, 2.75) is 6.42 Å². The van der Waals surface area contributed by atoms with Crippen LogP contribution in [0.25, 0.3) is 0 Å². The highest BCUT2D eigenvalue weighted by Crippen LogP contribution is 2.32. The number of carbonyl (C=O) groups excluding carboxylic acids is 4. The van der Waals surface area contributed by atoms with Crippen molar-refractivity contribution in [1.29, 1.82) is 0 Å². The largest absolute Gasteiger partial charge is 0.464 e. The molecular formula is C21H18N2O7. The van der Waals surface area contributed by atoms with Gasteiger partial charge in [0, 0.05) is 12.1 Å². The molecule has 0 spiro atoms. The van der Waals surface area contributed by atoms with Gasteiger partial charge >= 0.3 is 5.97 Å². The van der Waals surface area contributed by atoms with Gasteiger partial charge in [-0.15, -0.1) is 0 Å². The van der Waals surface area contributed by atoms with Gasteiger partial charge in [0.1, 0.15) is 6.54 Å². The maximum atomic E-state index is 12.3. The van der Waals surface area contributed by atoms with Crippen LogP contribution in [0.5, 0.6) is 11.5 Å². The van der Waals surface area contributed by atoms with Gasteiger partial charge in [0.2, 0.25) is 6.79 Å². The van der Waals surface area contributed by atoms with E-state index < -0.39 is 11.9 Å². The molecular weight excluding hydrogens is 392 g/mol. The normalized spacial score (nSPS) is 13.9. The Balaban J connectivity index is 1.18. The Kier molecular flexibility index (Phi) is 5.34. The predicted molar refractivity (Wildman–Crippen MR) is 102 cm³/mol. The van der Waals surface area contributed by atoms with Crippen LogP contribution >= 0.6 is 0 Å². The maximum absolute atomic E-state index is 12.3. The minimum atomic E-state index is -0.619. The number of rotatable bonds is 7. The maximum Gasteiger partial charge on any atom is 0.325 e. The van der Waals surface area contributed by atoms with Gasteiger partial charge in [0.15, 0.2) is 11.5 Å². The summed E-state index contributed by atoms with van der Waals surface area (Å²) in [4.78, 5) is 49.6. The Morgan fingerprint density at radius 3 is 2.43 bits per heavy atom. The third-order valence-electron chi connectivity index (χ3n) is 4.70. The summed E-state index contributed by atoms with van der Waals surface area (Å²) >= 11 is 0. The number of amides is 3. The molecule has 30 heavy (non-hydrogen) atoms. The first kappa shape index (κ1) is 19.4.